The smallest absolute Gasteiger partial charge is 0.262 e. The molecule has 0 spiro atoms. The SMILES string of the molecule is CCn1cc(S(=O)(=O)N2CCC(C3CCCN3)CC2)nc1C. The first-order chi connectivity index (χ1) is 10.5. The molecule has 3 rings (SSSR count). The molecule has 124 valence electrons. The van der Waals surface area contributed by atoms with Crippen LogP contribution < -0.4 is 5.32 Å². The van der Waals surface area contributed by atoms with Crippen molar-refractivity contribution < 1.29 is 8.42 Å². The molecule has 6 nitrogen and oxygen atoms in total. The summed E-state index contributed by atoms with van der Waals surface area (Å²) in [6, 6.07) is 0.589. The molecule has 7 heteroatoms. The van der Waals surface area contributed by atoms with E-state index >= 15 is 0 Å². The Morgan fingerprint density at radius 3 is 2.59 bits per heavy atom. The molecule has 2 saturated heterocycles. The van der Waals surface area contributed by atoms with Gasteiger partial charge in [-0.25, -0.2) is 13.4 Å². The van der Waals surface area contributed by atoms with E-state index in [9.17, 15) is 8.42 Å². The van der Waals surface area contributed by atoms with Crippen LogP contribution in [-0.2, 0) is 16.6 Å². The zero-order valence-electron chi connectivity index (χ0n) is 13.5. The first-order valence-corrected chi connectivity index (χ1v) is 9.73. The van der Waals surface area contributed by atoms with E-state index in [2.05, 4.69) is 10.3 Å². The van der Waals surface area contributed by atoms with Gasteiger partial charge in [-0.3, -0.25) is 0 Å². The average Bonchev–Trinajstić information content (AvgIpc) is 3.17. The van der Waals surface area contributed by atoms with Crippen molar-refractivity contribution in [2.24, 2.45) is 5.92 Å². The van der Waals surface area contributed by atoms with Gasteiger partial charge in [0.15, 0.2) is 5.03 Å². The second-order valence-corrected chi connectivity index (χ2v) is 8.24. The minimum Gasteiger partial charge on any atom is -0.334 e. The van der Waals surface area contributed by atoms with Gasteiger partial charge in [0.25, 0.3) is 10.0 Å². The van der Waals surface area contributed by atoms with Crippen molar-refractivity contribution in [3.05, 3.63) is 12.0 Å². The molecular formula is C15H26N4O2S. The van der Waals surface area contributed by atoms with Crippen LogP contribution in [0.3, 0.4) is 0 Å². The molecule has 1 aromatic rings. The molecule has 0 bridgehead atoms. The molecular weight excluding hydrogens is 300 g/mol. The number of imidazole rings is 1. The van der Waals surface area contributed by atoms with Crippen LogP contribution in [0.2, 0.25) is 0 Å². The monoisotopic (exact) mass is 326 g/mol. The Hall–Kier alpha value is -0.920. The molecule has 3 heterocycles. The highest BCUT2D eigenvalue weighted by molar-refractivity contribution is 7.89. The number of hydrogen-bond acceptors (Lipinski definition) is 4. The Balaban J connectivity index is 1.68. The summed E-state index contributed by atoms with van der Waals surface area (Å²) in [5.74, 6) is 1.37. The normalized spacial score (nSPS) is 24.9. The van der Waals surface area contributed by atoms with Crippen LogP contribution in [0.5, 0.6) is 0 Å². The van der Waals surface area contributed by atoms with Crippen molar-refractivity contribution in [3.8, 4) is 0 Å². The number of aryl methyl sites for hydroxylation is 2. The molecule has 2 aliphatic heterocycles. The van der Waals surface area contributed by atoms with Crippen molar-refractivity contribution in [1.82, 2.24) is 19.2 Å². The van der Waals surface area contributed by atoms with Crippen LogP contribution in [0.1, 0.15) is 38.4 Å². The van der Waals surface area contributed by atoms with E-state index in [0.717, 1.165) is 31.8 Å². The molecule has 22 heavy (non-hydrogen) atoms. The third-order valence-electron chi connectivity index (χ3n) is 5.06. The molecule has 0 aromatic carbocycles. The van der Waals surface area contributed by atoms with Gasteiger partial charge in [0.05, 0.1) is 0 Å². The van der Waals surface area contributed by atoms with E-state index in [1.165, 1.54) is 12.8 Å². The zero-order chi connectivity index (χ0) is 15.7. The highest BCUT2D eigenvalue weighted by atomic mass is 32.2. The predicted octanol–water partition coefficient (Wildman–Crippen LogP) is 1.36. The molecule has 2 aliphatic rings. The fraction of sp³-hybridized carbons (Fsp3) is 0.800. The van der Waals surface area contributed by atoms with E-state index in [4.69, 9.17) is 0 Å². The quantitative estimate of drug-likeness (QED) is 0.907. The van der Waals surface area contributed by atoms with Crippen molar-refractivity contribution in [3.63, 3.8) is 0 Å². The molecule has 0 amide bonds. The molecule has 1 atom stereocenters. The highest BCUT2D eigenvalue weighted by Crippen LogP contribution is 2.28. The number of rotatable bonds is 4. The fourth-order valence-electron chi connectivity index (χ4n) is 3.69. The van der Waals surface area contributed by atoms with Crippen molar-refractivity contribution >= 4 is 10.0 Å². The molecule has 0 aliphatic carbocycles. The summed E-state index contributed by atoms with van der Waals surface area (Å²) < 4.78 is 29.0. The summed E-state index contributed by atoms with van der Waals surface area (Å²) in [6.07, 6.45) is 6.04. The van der Waals surface area contributed by atoms with Crippen LogP contribution in [0.4, 0.5) is 0 Å². The maximum atomic E-state index is 12.7. The number of sulfonamides is 1. The lowest BCUT2D eigenvalue weighted by molar-refractivity contribution is 0.233. The van der Waals surface area contributed by atoms with Gasteiger partial charge in [0.2, 0.25) is 0 Å². The first-order valence-electron chi connectivity index (χ1n) is 8.29. The van der Waals surface area contributed by atoms with E-state index in [1.54, 1.807) is 10.5 Å². The molecule has 1 N–H and O–H groups in total. The van der Waals surface area contributed by atoms with Gasteiger partial charge in [-0.05, 0) is 52.0 Å². The maximum Gasteiger partial charge on any atom is 0.262 e. The van der Waals surface area contributed by atoms with Crippen LogP contribution in [0.25, 0.3) is 0 Å². The summed E-state index contributed by atoms with van der Waals surface area (Å²) >= 11 is 0. The van der Waals surface area contributed by atoms with Gasteiger partial charge < -0.3 is 9.88 Å². The van der Waals surface area contributed by atoms with Crippen LogP contribution >= 0.6 is 0 Å². The topological polar surface area (TPSA) is 67.2 Å². The van der Waals surface area contributed by atoms with Gasteiger partial charge in [-0.2, -0.15) is 4.31 Å². The zero-order valence-corrected chi connectivity index (χ0v) is 14.3. The third-order valence-corrected chi connectivity index (χ3v) is 6.84. The largest absolute Gasteiger partial charge is 0.334 e. The van der Waals surface area contributed by atoms with Crippen LogP contribution in [-0.4, -0.2) is 48.0 Å². The fourth-order valence-corrected chi connectivity index (χ4v) is 5.15. The Bertz CT molecular complexity index is 611. The second kappa shape index (κ2) is 6.29. The molecule has 2 fully saturated rings. The lowest BCUT2D eigenvalue weighted by Gasteiger charge is -2.33. The van der Waals surface area contributed by atoms with Crippen molar-refractivity contribution in [1.29, 1.82) is 0 Å². The number of piperidine rings is 1. The Kier molecular flexibility index (Phi) is 4.56. The van der Waals surface area contributed by atoms with E-state index in [0.29, 0.717) is 25.0 Å². The van der Waals surface area contributed by atoms with E-state index < -0.39 is 10.0 Å². The molecule has 0 radical (unpaired) electrons. The van der Waals surface area contributed by atoms with Gasteiger partial charge >= 0.3 is 0 Å². The van der Waals surface area contributed by atoms with Gasteiger partial charge in [0, 0.05) is 31.9 Å². The standard InChI is InChI=1S/C15H26N4O2S/c1-3-18-11-15(17-12(18)2)22(20,21)19-9-6-13(7-10-19)14-5-4-8-16-14/h11,13-14,16H,3-10H2,1-2H3. The third kappa shape index (κ3) is 2.94. The van der Waals surface area contributed by atoms with Gasteiger partial charge in [-0.1, -0.05) is 0 Å². The summed E-state index contributed by atoms with van der Waals surface area (Å²) in [6.45, 7) is 6.92. The van der Waals surface area contributed by atoms with Crippen LogP contribution in [0.15, 0.2) is 11.2 Å². The lowest BCUT2D eigenvalue weighted by Crippen LogP contribution is -2.43. The van der Waals surface area contributed by atoms with Crippen LogP contribution in [0, 0.1) is 12.8 Å². The summed E-state index contributed by atoms with van der Waals surface area (Å²) in [7, 11) is -3.44. The summed E-state index contributed by atoms with van der Waals surface area (Å²) in [5, 5.41) is 3.74. The molecule has 1 aromatic heterocycles. The minimum atomic E-state index is -3.44. The second-order valence-electron chi connectivity index (χ2n) is 6.36. The van der Waals surface area contributed by atoms with E-state index in [1.807, 2.05) is 18.4 Å². The maximum absolute atomic E-state index is 12.7. The predicted molar refractivity (Wildman–Crippen MR) is 85.1 cm³/mol. The van der Waals surface area contributed by atoms with Gasteiger partial charge in [-0.15, -0.1) is 0 Å². The number of hydrogen-bond donors (Lipinski definition) is 1. The number of nitrogens with zero attached hydrogens (tertiary/aromatic N) is 3. The van der Waals surface area contributed by atoms with Crippen molar-refractivity contribution in [2.45, 2.75) is 57.1 Å². The average molecular weight is 326 g/mol. The van der Waals surface area contributed by atoms with Gasteiger partial charge in [0.1, 0.15) is 5.82 Å². The lowest BCUT2D eigenvalue weighted by atomic mass is 9.89. The Morgan fingerprint density at radius 1 is 1.32 bits per heavy atom. The number of aromatic nitrogens is 2. The summed E-state index contributed by atoms with van der Waals surface area (Å²) in [4.78, 5) is 4.25. The first kappa shape index (κ1) is 16.0. The Labute approximate surface area is 133 Å². The molecule has 0 saturated carbocycles. The summed E-state index contributed by atoms with van der Waals surface area (Å²) in [5.41, 5.74) is 0. The minimum absolute atomic E-state index is 0.198. The molecule has 1 unspecified atom stereocenters. The Morgan fingerprint density at radius 2 is 2.05 bits per heavy atom. The van der Waals surface area contributed by atoms with E-state index in [-0.39, 0.29) is 5.03 Å². The highest BCUT2D eigenvalue weighted by Gasteiger charge is 2.34. The van der Waals surface area contributed by atoms with Crippen molar-refractivity contribution in [2.75, 3.05) is 19.6 Å². The number of nitrogens with one attached hydrogen (secondary N) is 1.